The molecule has 19 heavy (non-hydrogen) atoms. The van der Waals surface area contributed by atoms with Crippen molar-refractivity contribution in [3.8, 4) is 0 Å². The third-order valence-electron chi connectivity index (χ3n) is 2.67. The lowest BCUT2D eigenvalue weighted by Gasteiger charge is -2.16. The summed E-state index contributed by atoms with van der Waals surface area (Å²) >= 11 is 1.36. The van der Waals surface area contributed by atoms with Crippen molar-refractivity contribution in [2.75, 3.05) is 7.05 Å². The average Bonchev–Trinajstić information content (AvgIpc) is 2.82. The quantitative estimate of drug-likeness (QED) is 0.874. The maximum atomic E-state index is 13.5. The second-order valence-corrected chi connectivity index (χ2v) is 4.59. The van der Waals surface area contributed by atoms with E-state index in [9.17, 15) is 17.6 Å². The van der Waals surface area contributed by atoms with Crippen LogP contribution in [-0.4, -0.2) is 12.0 Å². The molecule has 1 N–H and O–H groups in total. The average molecular weight is 290 g/mol. The van der Waals surface area contributed by atoms with Gasteiger partial charge in [-0.1, -0.05) is 6.07 Å². The van der Waals surface area contributed by atoms with Crippen molar-refractivity contribution < 1.29 is 17.6 Å². The summed E-state index contributed by atoms with van der Waals surface area (Å²) in [5.74, 6) is -1.28. The van der Waals surface area contributed by atoms with Crippen molar-refractivity contribution in [3.63, 3.8) is 0 Å². The molecule has 2 nitrogen and oxygen atoms in total. The van der Waals surface area contributed by atoms with E-state index in [-0.39, 0.29) is 0 Å². The third-order valence-corrected chi connectivity index (χ3v) is 3.27. The van der Waals surface area contributed by atoms with Gasteiger partial charge >= 0.3 is 6.18 Å². The topological polar surface area (TPSA) is 24.9 Å². The summed E-state index contributed by atoms with van der Waals surface area (Å²) in [6.07, 6.45) is -4.68. The highest BCUT2D eigenvalue weighted by molar-refractivity contribution is 7.07. The number of benzene rings is 1. The van der Waals surface area contributed by atoms with Gasteiger partial charge in [0.25, 0.3) is 0 Å². The lowest BCUT2D eigenvalue weighted by molar-refractivity contribution is -0.140. The molecule has 0 radical (unpaired) electrons. The van der Waals surface area contributed by atoms with Gasteiger partial charge in [0.15, 0.2) is 0 Å². The van der Waals surface area contributed by atoms with Crippen molar-refractivity contribution in [3.05, 3.63) is 51.7 Å². The highest BCUT2D eigenvalue weighted by Gasteiger charge is 2.34. The standard InChI is InChI=1S/C12H10F4N2S/c1-17-11(10-5-19-6-18-10)7-2-3-8(9(13)4-7)12(14,15)16/h2-6,11,17H,1H3. The molecule has 0 saturated heterocycles. The first-order chi connectivity index (χ1) is 8.93. The van der Waals surface area contributed by atoms with Crippen LogP contribution in [0.1, 0.15) is 22.9 Å². The maximum absolute atomic E-state index is 13.5. The monoisotopic (exact) mass is 290 g/mol. The van der Waals surface area contributed by atoms with Gasteiger partial charge < -0.3 is 5.32 Å². The summed E-state index contributed by atoms with van der Waals surface area (Å²) in [6, 6.07) is 2.47. The Bertz CT molecular complexity index is 551. The molecule has 1 unspecified atom stereocenters. The van der Waals surface area contributed by atoms with Crippen LogP contribution in [0.3, 0.4) is 0 Å². The van der Waals surface area contributed by atoms with Gasteiger partial charge in [-0.2, -0.15) is 13.2 Å². The maximum Gasteiger partial charge on any atom is 0.419 e. The molecule has 1 heterocycles. The van der Waals surface area contributed by atoms with E-state index < -0.39 is 23.6 Å². The van der Waals surface area contributed by atoms with Crippen LogP contribution in [0.25, 0.3) is 0 Å². The number of hydrogen-bond donors (Lipinski definition) is 1. The summed E-state index contributed by atoms with van der Waals surface area (Å²) in [6.45, 7) is 0. The predicted molar refractivity (Wildman–Crippen MR) is 64.4 cm³/mol. The van der Waals surface area contributed by atoms with Crippen LogP contribution in [-0.2, 0) is 6.18 Å². The molecule has 0 aliphatic carbocycles. The molecular weight excluding hydrogens is 280 g/mol. The van der Waals surface area contributed by atoms with E-state index in [2.05, 4.69) is 10.3 Å². The SMILES string of the molecule is CNC(c1ccc(C(F)(F)F)c(F)c1)c1cscn1. The summed E-state index contributed by atoms with van der Waals surface area (Å²) in [5, 5.41) is 4.66. The number of thiazole rings is 1. The van der Waals surface area contributed by atoms with Crippen LogP contribution < -0.4 is 5.32 Å². The van der Waals surface area contributed by atoms with Gasteiger partial charge in [-0.05, 0) is 24.7 Å². The normalized spacial score (nSPS) is 13.5. The van der Waals surface area contributed by atoms with Crippen LogP contribution in [0, 0.1) is 5.82 Å². The molecule has 7 heteroatoms. The Morgan fingerprint density at radius 2 is 2.05 bits per heavy atom. The zero-order valence-corrected chi connectivity index (χ0v) is 10.6. The summed E-state index contributed by atoms with van der Waals surface area (Å²) in [5.41, 5.74) is 1.40. The van der Waals surface area contributed by atoms with E-state index in [1.54, 1.807) is 17.9 Å². The summed E-state index contributed by atoms with van der Waals surface area (Å²) in [7, 11) is 1.64. The van der Waals surface area contributed by atoms with Crippen LogP contribution >= 0.6 is 11.3 Å². The Hall–Kier alpha value is -1.47. The Morgan fingerprint density at radius 1 is 1.32 bits per heavy atom. The third kappa shape index (κ3) is 2.93. The molecule has 0 bridgehead atoms. The fourth-order valence-corrected chi connectivity index (χ4v) is 2.37. The molecule has 0 saturated carbocycles. The lowest BCUT2D eigenvalue weighted by Crippen LogP contribution is -2.19. The van der Waals surface area contributed by atoms with Gasteiger partial charge in [0, 0.05) is 5.38 Å². The highest BCUT2D eigenvalue weighted by Crippen LogP contribution is 2.33. The smallest absolute Gasteiger partial charge is 0.308 e. The molecular formula is C12H10F4N2S. The minimum Gasteiger partial charge on any atom is -0.308 e. The van der Waals surface area contributed by atoms with E-state index in [4.69, 9.17) is 0 Å². The summed E-state index contributed by atoms with van der Waals surface area (Å²) < 4.78 is 50.9. The first-order valence-corrected chi connectivity index (χ1v) is 6.29. The van der Waals surface area contributed by atoms with Crippen molar-refractivity contribution in [1.82, 2.24) is 10.3 Å². The van der Waals surface area contributed by atoms with Gasteiger partial charge in [-0.25, -0.2) is 9.37 Å². The van der Waals surface area contributed by atoms with Crippen molar-refractivity contribution in [2.24, 2.45) is 0 Å². The van der Waals surface area contributed by atoms with Crippen LogP contribution in [0.15, 0.2) is 29.1 Å². The zero-order chi connectivity index (χ0) is 14.0. The number of halogens is 4. The van der Waals surface area contributed by atoms with Gasteiger partial charge in [-0.15, -0.1) is 11.3 Å². The van der Waals surface area contributed by atoms with Crippen LogP contribution in [0.2, 0.25) is 0 Å². The van der Waals surface area contributed by atoms with Gasteiger partial charge in [-0.3, -0.25) is 0 Å². The van der Waals surface area contributed by atoms with E-state index in [1.165, 1.54) is 17.4 Å². The number of aromatic nitrogens is 1. The highest BCUT2D eigenvalue weighted by atomic mass is 32.1. The fourth-order valence-electron chi connectivity index (χ4n) is 1.79. The van der Waals surface area contributed by atoms with E-state index in [0.29, 0.717) is 11.3 Å². The molecule has 0 spiro atoms. The first-order valence-electron chi connectivity index (χ1n) is 5.35. The van der Waals surface area contributed by atoms with E-state index in [1.807, 2.05) is 0 Å². The Morgan fingerprint density at radius 3 is 2.53 bits per heavy atom. The molecule has 2 aromatic rings. The molecule has 0 aliphatic heterocycles. The van der Waals surface area contributed by atoms with Crippen molar-refractivity contribution >= 4 is 11.3 Å². The number of nitrogens with zero attached hydrogens (tertiary/aromatic N) is 1. The minimum atomic E-state index is -4.68. The van der Waals surface area contributed by atoms with E-state index >= 15 is 0 Å². The van der Waals surface area contributed by atoms with Gasteiger partial charge in [0.1, 0.15) is 5.82 Å². The second kappa shape index (κ2) is 5.26. The van der Waals surface area contributed by atoms with Crippen molar-refractivity contribution in [1.29, 1.82) is 0 Å². The van der Waals surface area contributed by atoms with Crippen molar-refractivity contribution in [2.45, 2.75) is 12.2 Å². The Kier molecular flexibility index (Phi) is 3.86. The molecule has 2 rings (SSSR count). The van der Waals surface area contributed by atoms with Gasteiger partial charge in [0.05, 0.1) is 22.8 Å². The van der Waals surface area contributed by atoms with E-state index in [0.717, 1.165) is 12.1 Å². The fraction of sp³-hybridized carbons (Fsp3) is 0.250. The molecule has 1 aromatic carbocycles. The first kappa shape index (κ1) is 14.0. The molecule has 0 aliphatic rings. The lowest BCUT2D eigenvalue weighted by atomic mass is 10.0. The van der Waals surface area contributed by atoms with Crippen LogP contribution in [0.4, 0.5) is 17.6 Å². The summed E-state index contributed by atoms with van der Waals surface area (Å²) in [4.78, 5) is 4.08. The molecule has 1 aromatic heterocycles. The molecule has 102 valence electrons. The zero-order valence-electron chi connectivity index (χ0n) is 9.83. The minimum absolute atomic E-state index is 0.402. The van der Waals surface area contributed by atoms with Crippen LogP contribution in [0.5, 0.6) is 0 Å². The number of hydrogen-bond acceptors (Lipinski definition) is 3. The molecule has 0 amide bonds. The Balaban J connectivity index is 2.39. The second-order valence-electron chi connectivity index (χ2n) is 3.87. The predicted octanol–water partition coefficient (Wildman–Crippen LogP) is 3.61. The largest absolute Gasteiger partial charge is 0.419 e. The number of alkyl halides is 3. The van der Waals surface area contributed by atoms with Gasteiger partial charge in [0.2, 0.25) is 0 Å². The number of rotatable bonds is 3. The molecule has 1 atom stereocenters. The molecule has 0 fully saturated rings. The number of nitrogens with one attached hydrogen (secondary N) is 1. The Labute approximate surface area is 111 Å².